The van der Waals surface area contributed by atoms with Gasteiger partial charge < -0.3 is 14.5 Å². The molecule has 1 amide bonds. The molecule has 3 aliphatic rings. The van der Waals surface area contributed by atoms with Gasteiger partial charge in [-0.25, -0.2) is 0 Å². The molecule has 2 atom stereocenters. The molecule has 5 heteroatoms. The number of hydrogen-bond donors (Lipinski definition) is 0. The van der Waals surface area contributed by atoms with Gasteiger partial charge in [0.1, 0.15) is 5.75 Å². The Morgan fingerprint density at radius 2 is 1.82 bits per heavy atom. The number of carbonyl (C=O) groups excluding carboxylic acids is 1. The smallest absolute Gasteiger partial charge is 0.229 e. The van der Waals surface area contributed by atoms with Crippen molar-refractivity contribution in [2.24, 2.45) is 16.7 Å². The Balaban J connectivity index is 1.44. The van der Waals surface area contributed by atoms with E-state index in [0.717, 1.165) is 44.9 Å². The fourth-order valence-electron chi connectivity index (χ4n) is 6.34. The second-order valence-electron chi connectivity index (χ2n) is 9.59. The Labute approximate surface area is 169 Å². The summed E-state index contributed by atoms with van der Waals surface area (Å²) in [7, 11) is 7.75. The van der Waals surface area contributed by atoms with Crippen LogP contribution in [0.4, 0.5) is 0 Å². The molecule has 0 radical (unpaired) electrons. The summed E-state index contributed by atoms with van der Waals surface area (Å²) < 4.78 is 5.27. The number of fused-ring (bicyclic) bond motifs is 2. The highest BCUT2D eigenvalue weighted by Crippen LogP contribution is 2.62. The van der Waals surface area contributed by atoms with E-state index in [-0.39, 0.29) is 5.41 Å². The van der Waals surface area contributed by atoms with E-state index in [0.29, 0.717) is 17.2 Å². The number of nitrogens with zero attached hydrogens (tertiary/aromatic N) is 3. The predicted octanol–water partition coefficient (Wildman–Crippen LogP) is 2.71. The summed E-state index contributed by atoms with van der Waals surface area (Å²) in [5.41, 5.74) is 1.56. The molecule has 2 saturated heterocycles. The average molecular weight is 386 g/mol. The van der Waals surface area contributed by atoms with Gasteiger partial charge in [0.2, 0.25) is 5.91 Å². The van der Waals surface area contributed by atoms with Gasteiger partial charge in [0.15, 0.2) is 0 Å². The van der Waals surface area contributed by atoms with E-state index in [9.17, 15) is 4.79 Å². The lowest BCUT2D eigenvalue weighted by molar-refractivity contribution is -0.141. The highest BCUT2D eigenvalue weighted by atomic mass is 16.5. The summed E-state index contributed by atoms with van der Waals surface area (Å²) in [5, 5.41) is 0. The average Bonchev–Trinajstić information content (AvgIpc) is 3.18. The summed E-state index contributed by atoms with van der Waals surface area (Å²) in [6.45, 7) is 5.30. The molecule has 4 rings (SSSR count). The van der Waals surface area contributed by atoms with Crippen LogP contribution >= 0.6 is 0 Å². The number of carbonyl (C=O) groups is 1. The molecule has 154 valence electrons. The van der Waals surface area contributed by atoms with Gasteiger partial charge in [-0.3, -0.25) is 9.69 Å². The second kappa shape index (κ2) is 7.34. The molecule has 2 aliphatic heterocycles. The van der Waals surface area contributed by atoms with Gasteiger partial charge in [-0.2, -0.15) is 0 Å². The van der Waals surface area contributed by atoms with Crippen molar-refractivity contribution in [3.63, 3.8) is 0 Å². The van der Waals surface area contributed by atoms with E-state index < -0.39 is 0 Å². The molecule has 5 nitrogen and oxygen atoms in total. The van der Waals surface area contributed by atoms with Crippen LogP contribution in [0.2, 0.25) is 0 Å². The minimum absolute atomic E-state index is 0.142. The maximum absolute atomic E-state index is 13.2. The molecule has 1 aliphatic carbocycles. The molecule has 0 unspecified atom stereocenters. The molecule has 28 heavy (non-hydrogen) atoms. The van der Waals surface area contributed by atoms with Crippen molar-refractivity contribution < 1.29 is 9.53 Å². The van der Waals surface area contributed by atoms with Gasteiger partial charge in [0.05, 0.1) is 12.5 Å². The van der Waals surface area contributed by atoms with Gasteiger partial charge in [-0.15, -0.1) is 0 Å². The molecule has 0 bridgehead atoms. The lowest BCUT2D eigenvalue weighted by Gasteiger charge is -2.44. The van der Waals surface area contributed by atoms with Crippen LogP contribution in [0.5, 0.6) is 5.75 Å². The molecule has 0 aromatic heterocycles. The monoisotopic (exact) mass is 385 g/mol. The van der Waals surface area contributed by atoms with Crippen molar-refractivity contribution in [1.29, 1.82) is 0 Å². The third kappa shape index (κ3) is 3.22. The number of likely N-dealkylation sites (tertiary alicyclic amines) is 2. The summed E-state index contributed by atoms with van der Waals surface area (Å²) >= 11 is 0. The standard InChI is InChI=1S/C23H35N3O2/c1-24(2)21(27)23-10-9-22(20(23)16-25(3)17-23)11-13-26(14-12-22)15-18-5-7-19(28-4)8-6-18/h5-8,20H,9-17H2,1-4H3/t20-,23+/m1/s1. The van der Waals surface area contributed by atoms with Crippen LogP contribution in [0.25, 0.3) is 0 Å². The van der Waals surface area contributed by atoms with Crippen molar-refractivity contribution in [2.45, 2.75) is 32.2 Å². The predicted molar refractivity (Wildman–Crippen MR) is 111 cm³/mol. The SMILES string of the molecule is COc1ccc(CN2CCC3(CC2)CC[C@]2(C(=O)N(C)C)CN(C)C[C@H]32)cc1. The van der Waals surface area contributed by atoms with Gasteiger partial charge in [0.25, 0.3) is 0 Å². The van der Waals surface area contributed by atoms with Crippen LogP contribution in [0, 0.1) is 16.7 Å². The zero-order valence-electron chi connectivity index (χ0n) is 17.9. The Morgan fingerprint density at radius 3 is 2.43 bits per heavy atom. The first-order valence-corrected chi connectivity index (χ1v) is 10.6. The summed E-state index contributed by atoms with van der Waals surface area (Å²) in [4.78, 5) is 20.0. The molecule has 0 N–H and O–H groups in total. The quantitative estimate of drug-likeness (QED) is 0.798. The van der Waals surface area contributed by atoms with Crippen LogP contribution in [0.15, 0.2) is 24.3 Å². The second-order valence-corrected chi connectivity index (χ2v) is 9.59. The van der Waals surface area contributed by atoms with E-state index in [4.69, 9.17) is 4.74 Å². The van der Waals surface area contributed by atoms with Crippen LogP contribution in [-0.2, 0) is 11.3 Å². The summed E-state index contributed by atoms with van der Waals surface area (Å²) in [6, 6.07) is 8.44. The highest BCUT2D eigenvalue weighted by Gasteiger charge is 2.63. The maximum atomic E-state index is 13.2. The Morgan fingerprint density at radius 1 is 1.14 bits per heavy atom. The first-order valence-electron chi connectivity index (χ1n) is 10.6. The van der Waals surface area contributed by atoms with E-state index in [1.54, 1.807) is 7.11 Å². The van der Waals surface area contributed by atoms with Gasteiger partial charge in [0, 0.05) is 33.7 Å². The van der Waals surface area contributed by atoms with E-state index >= 15 is 0 Å². The normalized spacial score (nSPS) is 29.8. The number of hydrogen-bond acceptors (Lipinski definition) is 4. The van der Waals surface area contributed by atoms with Crippen molar-refractivity contribution in [2.75, 3.05) is 54.4 Å². The van der Waals surface area contributed by atoms with Crippen LogP contribution < -0.4 is 4.74 Å². The topological polar surface area (TPSA) is 36.0 Å². The van der Waals surface area contributed by atoms with E-state index in [1.807, 2.05) is 31.1 Å². The zero-order valence-corrected chi connectivity index (χ0v) is 17.9. The summed E-state index contributed by atoms with van der Waals surface area (Å²) in [6.07, 6.45) is 4.74. The molecule has 1 saturated carbocycles. The third-order valence-corrected chi connectivity index (χ3v) is 7.77. The van der Waals surface area contributed by atoms with Crippen molar-refractivity contribution >= 4 is 5.91 Å². The Bertz CT molecular complexity index is 709. The Hall–Kier alpha value is -1.59. The molecular weight excluding hydrogens is 350 g/mol. The van der Waals surface area contributed by atoms with Crippen LogP contribution in [-0.4, -0.2) is 75.0 Å². The van der Waals surface area contributed by atoms with E-state index in [2.05, 4.69) is 29.0 Å². The lowest BCUT2D eigenvalue weighted by atomic mass is 9.65. The summed E-state index contributed by atoms with van der Waals surface area (Å²) in [5.74, 6) is 1.79. The minimum atomic E-state index is -0.142. The number of amides is 1. The molecule has 3 fully saturated rings. The van der Waals surface area contributed by atoms with Gasteiger partial charge in [-0.1, -0.05) is 12.1 Å². The number of benzene rings is 1. The lowest BCUT2D eigenvalue weighted by Crippen LogP contribution is -2.48. The van der Waals surface area contributed by atoms with Crippen molar-refractivity contribution in [3.8, 4) is 5.75 Å². The zero-order chi connectivity index (χ0) is 19.9. The first-order chi connectivity index (χ1) is 13.4. The number of piperidine rings is 1. The largest absolute Gasteiger partial charge is 0.497 e. The first kappa shape index (κ1) is 19.7. The fraction of sp³-hybridized carbons (Fsp3) is 0.696. The van der Waals surface area contributed by atoms with Crippen molar-refractivity contribution in [3.05, 3.63) is 29.8 Å². The maximum Gasteiger partial charge on any atom is 0.229 e. The van der Waals surface area contributed by atoms with Gasteiger partial charge >= 0.3 is 0 Å². The minimum Gasteiger partial charge on any atom is -0.497 e. The molecule has 1 aromatic carbocycles. The molecule has 1 spiro atoms. The van der Waals surface area contributed by atoms with E-state index in [1.165, 1.54) is 24.8 Å². The number of methoxy groups -OCH3 is 1. The van der Waals surface area contributed by atoms with Crippen molar-refractivity contribution in [1.82, 2.24) is 14.7 Å². The fourth-order valence-corrected chi connectivity index (χ4v) is 6.34. The van der Waals surface area contributed by atoms with Crippen LogP contribution in [0.3, 0.4) is 0 Å². The Kier molecular flexibility index (Phi) is 5.17. The van der Waals surface area contributed by atoms with Gasteiger partial charge in [-0.05, 0) is 74.8 Å². The molecule has 2 heterocycles. The van der Waals surface area contributed by atoms with Crippen LogP contribution in [0.1, 0.15) is 31.2 Å². The molecule has 1 aromatic rings. The third-order valence-electron chi connectivity index (χ3n) is 7.77. The number of rotatable bonds is 4. The highest BCUT2D eigenvalue weighted by molar-refractivity contribution is 5.84. The molecular formula is C23H35N3O2. The number of ether oxygens (including phenoxy) is 1.